The van der Waals surface area contributed by atoms with E-state index in [0.717, 1.165) is 18.8 Å². The zero-order valence-corrected chi connectivity index (χ0v) is 11.9. The molecule has 4 heteroatoms. The topological polar surface area (TPSA) is 44.4 Å². The highest BCUT2D eigenvalue weighted by Crippen LogP contribution is 2.23. The van der Waals surface area contributed by atoms with Crippen LogP contribution in [0.3, 0.4) is 0 Å². The molecule has 1 heterocycles. The molecular formula is C16H23N3O. The fraction of sp³-hybridized carbons (Fsp3) is 0.562. The lowest BCUT2D eigenvalue weighted by Crippen LogP contribution is -2.27. The van der Waals surface area contributed by atoms with E-state index in [-0.39, 0.29) is 6.03 Å². The SMILES string of the molecule is O=C1NCCN1c1ccc(NC2CCCCCC2)cc1. The lowest BCUT2D eigenvalue weighted by atomic mass is 10.1. The van der Waals surface area contributed by atoms with Crippen molar-refractivity contribution in [2.75, 3.05) is 23.3 Å². The van der Waals surface area contributed by atoms with E-state index in [1.54, 1.807) is 4.90 Å². The molecule has 0 bridgehead atoms. The first kappa shape index (κ1) is 13.3. The number of carbonyl (C=O) groups excluding carboxylic acids is 1. The van der Waals surface area contributed by atoms with Gasteiger partial charge in [-0.15, -0.1) is 0 Å². The predicted molar refractivity (Wildman–Crippen MR) is 82.3 cm³/mol. The molecule has 3 rings (SSSR count). The number of nitrogens with one attached hydrogen (secondary N) is 2. The molecule has 20 heavy (non-hydrogen) atoms. The molecule has 4 nitrogen and oxygen atoms in total. The molecule has 2 aliphatic rings. The van der Waals surface area contributed by atoms with E-state index in [1.165, 1.54) is 44.2 Å². The summed E-state index contributed by atoms with van der Waals surface area (Å²) in [5.41, 5.74) is 2.15. The van der Waals surface area contributed by atoms with Crippen LogP contribution in [0.15, 0.2) is 24.3 Å². The maximum absolute atomic E-state index is 11.6. The van der Waals surface area contributed by atoms with E-state index in [1.807, 2.05) is 12.1 Å². The van der Waals surface area contributed by atoms with E-state index in [4.69, 9.17) is 0 Å². The summed E-state index contributed by atoms with van der Waals surface area (Å²) in [6, 6.07) is 8.86. The summed E-state index contributed by atoms with van der Waals surface area (Å²) in [6.45, 7) is 1.50. The monoisotopic (exact) mass is 273 g/mol. The van der Waals surface area contributed by atoms with Crippen molar-refractivity contribution in [2.24, 2.45) is 0 Å². The standard InChI is InChI=1S/C16H23N3O/c20-16-17-11-12-19(16)15-9-7-14(8-10-15)18-13-5-3-1-2-4-6-13/h7-10,13,18H,1-6,11-12H2,(H,17,20). The fourth-order valence-electron chi connectivity index (χ4n) is 3.11. The Morgan fingerprint density at radius 2 is 1.75 bits per heavy atom. The Labute approximate surface area is 120 Å². The highest BCUT2D eigenvalue weighted by Gasteiger charge is 2.20. The first-order valence-corrected chi connectivity index (χ1v) is 7.75. The number of anilines is 2. The molecule has 1 saturated heterocycles. The molecule has 0 spiro atoms. The normalized spacial score (nSPS) is 20.6. The summed E-state index contributed by atoms with van der Waals surface area (Å²) in [5.74, 6) is 0. The summed E-state index contributed by atoms with van der Waals surface area (Å²) >= 11 is 0. The third-order valence-corrected chi connectivity index (χ3v) is 4.26. The van der Waals surface area contributed by atoms with Crippen molar-refractivity contribution in [3.05, 3.63) is 24.3 Å². The molecule has 2 amide bonds. The summed E-state index contributed by atoms with van der Waals surface area (Å²) in [4.78, 5) is 13.4. The van der Waals surface area contributed by atoms with E-state index >= 15 is 0 Å². The van der Waals surface area contributed by atoms with Crippen LogP contribution in [0.25, 0.3) is 0 Å². The third kappa shape index (κ3) is 3.06. The zero-order valence-electron chi connectivity index (χ0n) is 11.9. The van der Waals surface area contributed by atoms with Gasteiger partial charge in [0.25, 0.3) is 0 Å². The van der Waals surface area contributed by atoms with Gasteiger partial charge in [0.15, 0.2) is 0 Å². The van der Waals surface area contributed by atoms with Crippen molar-refractivity contribution in [1.82, 2.24) is 5.32 Å². The maximum atomic E-state index is 11.6. The lowest BCUT2D eigenvalue weighted by Gasteiger charge is -2.19. The molecule has 0 aromatic heterocycles. The van der Waals surface area contributed by atoms with Gasteiger partial charge < -0.3 is 10.6 Å². The van der Waals surface area contributed by atoms with Crippen LogP contribution in [-0.2, 0) is 0 Å². The van der Waals surface area contributed by atoms with Gasteiger partial charge in [-0.2, -0.15) is 0 Å². The highest BCUT2D eigenvalue weighted by molar-refractivity contribution is 5.94. The Balaban J connectivity index is 1.62. The second kappa shape index (κ2) is 6.16. The van der Waals surface area contributed by atoms with Crippen LogP contribution >= 0.6 is 0 Å². The molecule has 2 N–H and O–H groups in total. The van der Waals surface area contributed by atoms with Gasteiger partial charge in [0.2, 0.25) is 0 Å². The van der Waals surface area contributed by atoms with E-state index in [2.05, 4.69) is 22.8 Å². The summed E-state index contributed by atoms with van der Waals surface area (Å²) < 4.78 is 0. The average molecular weight is 273 g/mol. The number of urea groups is 1. The summed E-state index contributed by atoms with van der Waals surface area (Å²) in [6.07, 6.45) is 7.97. The molecule has 1 saturated carbocycles. The van der Waals surface area contributed by atoms with Crippen LogP contribution in [0.2, 0.25) is 0 Å². The molecule has 1 aliphatic heterocycles. The molecule has 0 unspecified atom stereocenters. The third-order valence-electron chi connectivity index (χ3n) is 4.26. The van der Waals surface area contributed by atoms with Gasteiger partial charge in [0, 0.05) is 30.5 Å². The van der Waals surface area contributed by atoms with Gasteiger partial charge in [-0.05, 0) is 37.1 Å². The van der Waals surface area contributed by atoms with Crippen LogP contribution in [0.1, 0.15) is 38.5 Å². The van der Waals surface area contributed by atoms with Crippen LogP contribution in [0, 0.1) is 0 Å². The van der Waals surface area contributed by atoms with Crippen LogP contribution in [0.4, 0.5) is 16.2 Å². The van der Waals surface area contributed by atoms with Crippen molar-refractivity contribution in [1.29, 1.82) is 0 Å². The number of amides is 2. The molecule has 108 valence electrons. The molecule has 0 radical (unpaired) electrons. The van der Waals surface area contributed by atoms with Gasteiger partial charge in [-0.1, -0.05) is 25.7 Å². The molecule has 1 aliphatic carbocycles. The number of benzene rings is 1. The van der Waals surface area contributed by atoms with Gasteiger partial charge in [-0.3, -0.25) is 4.90 Å². The maximum Gasteiger partial charge on any atom is 0.321 e. The number of nitrogens with zero attached hydrogens (tertiary/aromatic N) is 1. The van der Waals surface area contributed by atoms with Gasteiger partial charge >= 0.3 is 6.03 Å². The van der Waals surface area contributed by atoms with Crippen molar-refractivity contribution in [3.8, 4) is 0 Å². The van der Waals surface area contributed by atoms with Crippen molar-refractivity contribution in [3.63, 3.8) is 0 Å². The molecule has 1 aromatic carbocycles. The zero-order chi connectivity index (χ0) is 13.8. The van der Waals surface area contributed by atoms with E-state index in [0.29, 0.717) is 6.04 Å². The number of hydrogen-bond donors (Lipinski definition) is 2. The first-order chi connectivity index (χ1) is 9.83. The van der Waals surface area contributed by atoms with E-state index < -0.39 is 0 Å². The minimum atomic E-state index is 0.00878. The predicted octanol–water partition coefficient (Wildman–Crippen LogP) is 3.35. The largest absolute Gasteiger partial charge is 0.382 e. The number of rotatable bonds is 3. The minimum Gasteiger partial charge on any atom is -0.382 e. The lowest BCUT2D eigenvalue weighted by molar-refractivity contribution is 0.252. The fourth-order valence-corrected chi connectivity index (χ4v) is 3.11. The second-order valence-electron chi connectivity index (χ2n) is 5.76. The van der Waals surface area contributed by atoms with Gasteiger partial charge in [0.05, 0.1) is 0 Å². The Hall–Kier alpha value is -1.71. The van der Waals surface area contributed by atoms with Crippen LogP contribution in [0.5, 0.6) is 0 Å². The van der Waals surface area contributed by atoms with Crippen molar-refractivity contribution in [2.45, 2.75) is 44.6 Å². The van der Waals surface area contributed by atoms with Crippen molar-refractivity contribution < 1.29 is 4.79 Å². The van der Waals surface area contributed by atoms with Gasteiger partial charge in [-0.25, -0.2) is 4.79 Å². The smallest absolute Gasteiger partial charge is 0.321 e. The Morgan fingerprint density at radius 1 is 1.05 bits per heavy atom. The van der Waals surface area contributed by atoms with Gasteiger partial charge in [0.1, 0.15) is 0 Å². The highest BCUT2D eigenvalue weighted by atomic mass is 16.2. The minimum absolute atomic E-state index is 0.00878. The Morgan fingerprint density at radius 3 is 2.35 bits per heavy atom. The summed E-state index contributed by atoms with van der Waals surface area (Å²) in [5, 5.41) is 6.46. The average Bonchev–Trinajstić information content (AvgIpc) is 2.73. The van der Waals surface area contributed by atoms with Crippen molar-refractivity contribution >= 4 is 17.4 Å². The van der Waals surface area contributed by atoms with Crippen LogP contribution in [-0.4, -0.2) is 25.2 Å². The van der Waals surface area contributed by atoms with Crippen LogP contribution < -0.4 is 15.5 Å². The molecular weight excluding hydrogens is 250 g/mol. The summed E-state index contributed by atoms with van der Waals surface area (Å²) in [7, 11) is 0. The molecule has 0 atom stereocenters. The Bertz CT molecular complexity index is 449. The second-order valence-corrected chi connectivity index (χ2v) is 5.76. The molecule has 2 fully saturated rings. The number of carbonyl (C=O) groups is 1. The first-order valence-electron chi connectivity index (χ1n) is 7.75. The van der Waals surface area contributed by atoms with E-state index in [9.17, 15) is 4.79 Å². The quantitative estimate of drug-likeness (QED) is 0.829. The molecule has 1 aromatic rings. The Kier molecular flexibility index (Phi) is 4.09. The number of hydrogen-bond acceptors (Lipinski definition) is 2.